The predicted molar refractivity (Wildman–Crippen MR) is 103 cm³/mol. The van der Waals surface area contributed by atoms with Gasteiger partial charge in [0, 0.05) is 5.69 Å². The van der Waals surface area contributed by atoms with Crippen LogP contribution in [0, 0.1) is 13.8 Å². The smallest absolute Gasteiger partial charge is 0.238 e. The predicted octanol–water partition coefficient (Wildman–Crippen LogP) is 3.82. The molecule has 4 nitrogen and oxygen atoms in total. The third-order valence-electron chi connectivity index (χ3n) is 4.32. The summed E-state index contributed by atoms with van der Waals surface area (Å²) in [4.78, 5) is 14.3. The number of hydrogen-bond acceptors (Lipinski definition) is 3. The lowest BCUT2D eigenvalue weighted by atomic mass is 10.1. The fraction of sp³-hybridized carbons (Fsp3) is 0.381. The number of ether oxygens (including phenoxy) is 1. The molecule has 25 heavy (non-hydrogen) atoms. The van der Waals surface area contributed by atoms with Gasteiger partial charge in [-0.05, 0) is 69.1 Å². The Morgan fingerprint density at radius 2 is 1.72 bits per heavy atom. The first kappa shape index (κ1) is 19.0. The first-order valence-corrected chi connectivity index (χ1v) is 8.67. The minimum absolute atomic E-state index is 0.0318. The van der Waals surface area contributed by atoms with Crippen molar-refractivity contribution >= 4 is 11.6 Å². The van der Waals surface area contributed by atoms with Crippen LogP contribution in [0.5, 0.6) is 5.75 Å². The van der Waals surface area contributed by atoms with Crippen molar-refractivity contribution in [3.05, 3.63) is 59.2 Å². The van der Waals surface area contributed by atoms with Crippen LogP contribution in [0.4, 0.5) is 5.69 Å². The zero-order valence-corrected chi connectivity index (χ0v) is 15.6. The molecule has 4 heteroatoms. The summed E-state index contributed by atoms with van der Waals surface area (Å²) in [5.74, 6) is 0.911. The molecule has 0 fully saturated rings. The van der Waals surface area contributed by atoms with Gasteiger partial charge in [0.2, 0.25) is 5.91 Å². The molecule has 0 aliphatic rings. The van der Waals surface area contributed by atoms with Gasteiger partial charge in [0.15, 0.2) is 0 Å². The number of methoxy groups -OCH3 is 1. The van der Waals surface area contributed by atoms with E-state index >= 15 is 0 Å². The van der Waals surface area contributed by atoms with Crippen molar-refractivity contribution in [3.8, 4) is 5.75 Å². The quantitative estimate of drug-likeness (QED) is 0.794. The molecular weight excluding hydrogens is 312 g/mol. The number of rotatable bonds is 8. The second kappa shape index (κ2) is 9.23. The molecule has 0 aliphatic heterocycles. The van der Waals surface area contributed by atoms with Crippen molar-refractivity contribution < 1.29 is 9.53 Å². The maximum Gasteiger partial charge on any atom is 0.238 e. The molecule has 2 aromatic carbocycles. The van der Waals surface area contributed by atoms with Gasteiger partial charge in [-0.15, -0.1) is 0 Å². The number of nitrogens with zero attached hydrogens (tertiary/aromatic N) is 1. The highest BCUT2D eigenvalue weighted by Crippen LogP contribution is 2.19. The molecule has 1 N–H and O–H groups in total. The van der Waals surface area contributed by atoms with E-state index < -0.39 is 0 Å². The van der Waals surface area contributed by atoms with Crippen LogP contribution in [0.1, 0.15) is 23.1 Å². The van der Waals surface area contributed by atoms with Crippen molar-refractivity contribution in [1.82, 2.24) is 4.90 Å². The molecule has 0 heterocycles. The molecule has 0 atom stereocenters. The van der Waals surface area contributed by atoms with Gasteiger partial charge in [-0.2, -0.15) is 0 Å². The number of amides is 1. The first-order valence-electron chi connectivity index (χ1n) is 8.67. The Balaban J connectivity index is 1.75. The lowest BCUT2D eigenvalue weighted by Crippen LogP contribution is -2.31. The summed E-state index contributed by atoms with van der Waals surface area (Å²) in [6.07, 6.45) is 2.01. The van der Waals surface area contributed by atoms with E-state index in [1.165, 1.54) is 5.56 Å². The van der Waals surface area contributed by atoms with Gasteiger partial charge in [-0.3, -0.25) is 9.69 Å². The maximum absolute atomic E-state index is 12.3. The van der Waals surface area contributed by atoms with Gasteiger partial charge < -0.3 is 10.1 Å². The second-order valence-corrected chi connectivity index (χ2v) is 6.50. The van der Waals surface area contributed by atoms with E-state index in [9.17, 15) is 4.79 Å². The lowest BCUT2D eigenvalue weighted by Gasteiger charge is -2.17. The summed E-state index contributed by atoms with van der Waals surface area (Å²) in [5.41, 5.74) is 4.40. The van der Waals surface area contributed by atoms with Crippen LogP contribution < -0.4 is 10.1 Å². The second-order valence-electron chi connectivity index (χ2n) is 6.50. The Bertz CT molecular complexity index is 675. The van der Waals surface area contributed by atoms with E-state index in [4.69, 9.17) is 4.74 Å². The molecule has 1 amide bonds. The Hall–Kier alpha value is -2.33. The minimum atomic E-state index is 0.0318. The van der Waals surface area contributed by atoms with Crippen LogP contribution in [0.2, 0.25) is 0 Å². The minimum Gasteiger partial charge on any atom is -0.497 e. The van der Waals surface area contributed by atoms with Crippen LogP contribution in [0.3, 0.4) is 0 Å². The van der Waals surface area contributed by atoms with Gasteiger partial charge in [0.05, 0.1) is 13.7 Å². The fourth-order valence-corrected chi connectivity index (χ4v) is 2.86. The highest BCUT2D eigenvalue weighted by atomic mass is 16.5. The van der Waals surface area contributed by atoms with Crippen molar-refractivity contribution in [2.45, 2.75) is 26.7 Å². The third kappa shape index (κ3) is 5.91. The number of para-hydroxylation sites is 1. The highest BCUT2D eigenvalue weighted by Gasteiger charge is 2.10. The van der Waals surface area contributed by atoms with Crippen molar-refractivity contribution in [1.29, 1.82) is 0 Å². The van der Waals surface area contributed by atoms with E-state index in [0.717, 1.165) is 42.0 Å². The maximum atomic E-state index is 12.3. The number of nitrogens with one attached hydrogen (secondary N) is 1. The number of hydrogen-bond donors (Lipinski definition) is 1. The number of likely N-dealkylation sites (N-methyl/N-ethyl adjacent to an activating group) is 1. The molecule has 0 spiro atoms. The van der Waals surface area contributed by atoms with Crippen LogP contribution >= 0.6 is 0 Å². The SMILES string of the molecule is COc1ccc(CCCN(C)CC(=O)Nc2c(C)cccc2C)cc1. The molecule has 2 rings (SSSR count). The standard InChI is InChI=1S/C21H28N2O2/c1-16-7-5-8-17(2)21(16)22-20(24)15-23(3)14-6-9-18-10-12-19(25-4)13-11-18/h5,7-8,10-13H,6,9,14-15H2,1-4H3,(H,22,24). The molecule has 134 valence electrons. The zero-order chi connectivity index (χ0) is 18.2. The summed E-state index contributed by atoms with van der Waals surface area (Å²) < 4.78 is 5.17. The van der Waals surface area contributed by atoms with Crippen LogP contribution in [-0.2, 0) is 11.2 Å². The van der Waals surface area contributed by atoms with E-state index in [0.29, 0.717) is 6.54 Å². The molecule has 0 radical (unpaired) electrons. The summed E-state index contributed by atoms with van der Waals surface area (Å²) in [7, 11) is 3.66. The number of carbonyl (C=O) groups is 1. The first-order chi connectivity index (χ1) is 12.0. The van der Waals surface area contributed by atoms with Crippen LogP contribution in [0.25, 0.3) is 0 Å². The number of aryl methyl sites for hydroxylation is 3. The van der Waals surface area contributed by atoms with Crippen LogP contribution in [0.15, 0.2) is 42.5 Å². The van der Waals surface area contributed by atoms with Crippen molar-refractivity contribution in [2.75, 3.05) is 32.6 Å². The van der Waals surface area contributed by atoms with E-state index in [1.54, 1.807) is 7.11 Å². The largest absolute Gasteiger partial charge is 0.497 e. The summed E-state index contributed by atoms with van der Waals surface area (Å²) in [6, 6.07) is 14.2. The summed E-state index contributed by atoms with van der Waals surface area (Å²) >= 11 is 0. The highest BCUT2D eigenvalue weighted by molar-refractivity contribution is 5.93. The topological polar surface area (TPSA) is 41.6 Å². The normalized spacial score (nSPS) is 10.8. The summed E-state index contributed by atoms with van der Waals surface area (Å²) in [5, 5.41) is 3.04. The zero-order valence-electron chi connectivity index (χ0n) is 15.6. The molecule has 0 saturated carbocycles. The molecule has 0 bridgehead atoms. The van der Waals surface area contributed by atoms with Gasteiger partial charge in [0.25, 0.3) is 0 Å². The summed E-state index contributed by atoms with van der Waals surface area (Å²) in [6.45, 7) is 5.31. The van der Waals surface area contributed by atoms with E-state index in [2.05, 4.69) is 22.3 Å². The van der Waals surface area contributed by atoms with Crippen LogP contribution in [-0.4, -0.2) is 38.1 Å². The van der Waals surface area contributed by atoms with Gasteiger partial charge >= 0.3 is 0 Å². The van der Waals surface area contributed by atoms with Gasteiger partial charge in [0.1, 0.15) is 5.75 Å². The van der Waals surface area contributed by atoms with Gasteiger partial charge in [-0.25, -0.2) is 0 Å². The van der Waals surface area contributed by atoms with Crippen molar-refractivity contribution in [3.63, 3.8) is 0 Å². The molecule has 2 aromatic rings. The number of benzene rings is 2. The molecule has 0 saturated heterocycles. The Morgan fingerprint density at radius 3 is 2.32 bits per heavy atom. The fourth-order valence-electron chi connectivity index (χ4n) is 2.86. The molecular formula is C21H28N2O2. The van der Waals surface area contributed by atoms with Crippen molar-refractivity contribution in [2.24, 2.45) is 0 Å². The van der Waals surface area contributed by atoms with E-state index in [-0.39, 0.29) is 5.91 Å². The Labute approximate surface area is 150 Å². The monoisotopic (exact) mass is 340 g/mol. The average Bonchev–Trinajstić information content (AvgIpc) is 2.59. The van der Waals surface area contributed by atoms with E-state index in [1.807, 2.05) is 51.2 Å². The number of anilines is 1. The molecule has 0 unspecified atom stereocenters. The third-order valence-corrected chi connectivity index (χ3v) is 4.32. The lowest BCUT2D eigenvalue weighted by molar-refractivity contribution is -0.117. The average molecular weight is 340 g/mol. The number of carbonyl (C=O) groups excluding carboxylic acids is 1. The molecule has 0 aromatic heterocycles. The Kier molecular flexibility index (Phi) is 7.02. The molecule has 0 aliphatic carbocycles. The van der Waals surface area contributed by atoms with Gasteiger partial charge in [-0.1, -0.05) is 30.3 Å². The Morgan fingerprint density at radius 1 is 1.08 bits per heavy atom.